The second kappa shape index (κ2) is 6.75. The van der Waals surface area contributed by atoms with Crippen LogP contribution in [-0.4, -0.2) is 69.7 Å². The molecule has 1 saturated heterocycles. The molecule has 0 bridgehead atoms. The third-order valence-corrected chi connectivity index (χ3v) is 7.48. The molecule has 2 aliphatic heterocycles. The normalized spacial score (nSPS) is 18.5. The third-order valence-electron chi connectivity index (χ3n) is 5.32. The minimum atomic E-state index is -3.61. The highest BCUT2D eigenvalue weighted by molar-refractivity contribution is 7.89. The number of carbonyl (C=O) groups is 1. The van der Waals surface area contributed by atoms with Gasteiger partial charge in [0.15, 0.2) is 5.69 Å². The van der Waals surface area contributed by atoms with Crippen LogP contribution in [-0.2, 0) is 23.0 Å². The maximum atomic E-state index is 12.9. The number of amides is 1. The van der Waals surface area contributed by atoms with Gasteiger partial charge in [0.2, 0.25) is 10.0 Å². The Bertz CT molecular complexity index is 926. The Morgan fingerprint density at radius 2 is 1.85 bits per heavy atom. The number of carbonyl (C=O) groups excluding carboxylic acids is 1. The number of sulfonamides is 1. The van der Waals surface area contributed by atoms with Gasteiger partial charge in [-0.25, -0.2) is 8.42 Å². The van der Waals surface area contributed by atoms with Crippen molar-refractivity contribution in [3.63, 3.8) is 0 Å². The average molecular weight is 392 g/mol. The lowest BCUT2D eigenvalue weighted by atomic mass is 10.1. The van der Waals surface area contributed by atoms with Gasteiger partial charge in [-0.1, -0.05) is 0 Å². The van der Waals surface area contributed by atoms with E-state index in [1.165, 1.54) is 4.31 Å². The van der Waals surface area contributed by atoms with Gasteiger partial charge in [-0.3, -0.25) is 14.6 Å². The van der Waals surface area contributed by atoms with Gasteiger partial charge in [0, 0.05) is 38.4 Å². The highest BCUT2D eigenvalue weighted by Crippen LogP contribution is 2.23. The lowest BCUT2D eigenvalue weighted by Gasteiger charge is -2.33. The van der Waals surface area contributed by atoms with E-state index in [4.69, 9.17) is 0 Å². The second-order valence-corrected chi connectivity index (χ2v) is 9.04. The fourth-order valence-corrected chi connectivity index (χ4v) is 5.62. The Morgan fingerprint density at radius 3 is 2.48 bits per heavy atom. The Hall–Kier alpha value is -2.20. The molecule has 0 aliphatic carbocycles. The molecule has 9 nitrogen and oxygen atoms in total. The number of nitrogens with one attached hydrogen (secondary N) is 1. The number of hydrogen-bond donors (Lipinski definition) is 1. The minimum Gasteiger partial charge on any atom is -0.335 e. The van der Waals surface area contributed by atoms with E-state index in [1.807, 2.05) is 10.7 Å². The van der Waals surface area contributed by atoms with Crippen LogP contribution in [0.2, 0.25) is 0 Å². The molecule has 4 heterocycles. The summed E-state index contributed by atoms with van der Waals surface area (Å²) in [6.07, 6.45) is 3.17. The van der Waals surface area contributed by atoms with Gasteiger partial charge in [-0.05, 0) is 39.2 Å². The van der Waals surface area contributed by atoms with Crippen molar-refractivity contribution in [2.24, 2.45) is 0 Å². The summed E-state index contributed by atoms with van der Waals surface area (Å²) in [4.78, 5) is 14.7. The number of aryl methyl sites for hydroxylation is 4. The highest BCUT2D eigenvalue weighted by atomic mass is 32.2. The van der Waals surface area contributed by atoms with Gasteiger partial charge >= 0.3 is 0 Å². The van der Waals surface area contributed by atoms with Crippen molar-refractivity contribution in [3.05, 3.63) is 28.8 Å². The van der Waals surface area contributed by atoms with Crippen molar-refractivity contribution < 1.29 is 13.2 Å². The van der Waals surface area contributed by atoms with Crippen molar-refractivity contribution in [1.29, 1.82) is 0 Å². The third kappa shape index (κ3) is 3.16. The van der Waals surface area contributed by atoms with Crippen LogP contribution in [0.15, 0.2) is 11.0 Å². The van der Waals surface area contributed by atoms with E-state index in [2.05, 4.69) is 15.3 Å². The summed E-state index contributed by atoms with van der Waals surface area (Å²) in [7, 11) is -3.61. The van der Waals surface area contributed by atoms with Crippen LogP contribution in [0.1, 0.15) is 40.4 Å². The Kier molecular flexibility index (Phi) is 4.55. The van der Waals surface area contributed by atoms with E-state index < -0.39 is 10.0 Å². The van der Waals surface area contributed by atoms with Crippen molar-refractivity contribution in [2.75, 3.05) is 26.2 Å². The molecule has 0 saturated carbocycles. The molecule has 2 aromatic heterocycles. The molecule has 146 valence electrons. The van der Waals surface area contributed by atoms with E-state index in [1.54, 1.807) is 18.7 Å². The number of rotatable bonds is 3. The number of hydrogen-bond acceptors (Lipinski definition) is 5. The molecule has 10 heteroatoms. The van der Waals surface area contributed by atoms with Gasteiger partial charge < -0.3 is 4.90 Å². The van der Waals surface area contributed by atoms with Crippen molar-refractivity contribution in [1.82, 2.24) is 29.2 Å². The number of aromatic amines is 1. The zero-order valence-corrected chi connectivity index (χ0v) is 16.4. The van der Waals surface area contributed by atoms with Crippen molar-refractivity contribution in [2.45, 2.75) is 44.6 Å². The molecule has 0 unspecified atom stereocenters. The van der Waals surface area contributed by atoms with Crippen LogP contribution in [0, 0.1) is 13.8 Å². The summed E-state index contributed by atoms with van der Waals surface area (Å²) < 4.78 is 29.2. The van der Waals surface area contributed by atoms with Crippen LogP contribution < -0.4 is 0 Å². The number of nitrogens with zero attached hydrogens (tertiary/aromatic N) is 5. The van der Waals surface area contributed by atoms with E-state index >= 15 is 0 Å². The minimum absolute atomic E-state index is 0.121. The average Bonchev–Trinajstić information content (AvgIpc) is 3.24. The largest absolute Gasteiger partial charge is 0.335 e. The molecule has 27 heavy (non-hydrogen) atoms. The van der Waals surface area contributed by atoms with Crippen LogP contribution in [0.3, 0.4) is 0 Å². The van der Waals surface area contributed by atoms with Crippen molar-refractivity contribution in [3.8, 4) is 0 Å². The molecular weight excluding hydrogens is 368 g/mol. The molecule has 2 aliphatic rings. The summed E-state index contributed by atoms with van der Waals surface area (Å²) in [5.41, 5.74) is 2.57. The van der Waals surface area contributed by atoms with Gasteiger partial charge in [0.05, 0.1) is 11.4 Å². The maximum Gasteiger partial charge on any atom is 0.274 e. The zero-order valence-electron chi connectivity index (χ0n) is 15.6. The molecule has 1 amide bonds. The number of aromatic nitrogens is 4. The lowest BCUT2D eigenvalue weighted by Crippen LogP contribution is -2.50. The molecule has 1 N–H and O–H groups in total. The highest BCUT2D eigenvalue weighted by Gasteiger charge is 2.34. The number of H-pyrrole nitrogens is 1. The summed E-state index contributed by atoms with van der Waals surface area (Å²) >= 11 is 0. The summed E-state index contributed by atoms with van der Waals surface area (Å²) in [6, 6.07) is 1.88. The molecule has 0 radical (unpaired) electrons. The molecule has 0 aromatic carbocycles. The fourth-order valence-electron chi connectivity index (χ4n) is 3.87. The fraction of sp³-hybridized carbons (Fsp3) is 0.588. The standard InChI is InChI=1S/C17H24N6O3S/c1-12-16(13(2)19-18-12)27(25,26)22-9-7-21(8-10-22)17(24)15-11-14-5-3-4-6-23(14)20-15/h11H,3-10H2,1-2H3,(H,18,19). The summed E-state index contributed by atoms with van der Waals surface area (Å²) in [5.74, 6) is -0.121. The SMILES string of the molecule is Cc1n[nH]c(C)c1S(=O)(=O)N1CCN(C(=O)c2cc3n(n2)CCCC3)CC1. The van der Waals surface area contributed by atoms with Crippen LogP contribution >= 0.6 is 0 Å². The Morgan fingerprint density at radius 1 is 1.11 bits per heavy atom. The van der Waals surface area contributed by atoms with Gasteiger partial charge in [0.1, 0.15) is 4.90 Å². The predicted molar refractivity (Wildman–Crippen MR) is 97.9 cm³/mol. The molecule has 4 rings (SSSR count). The predicted octanol–water partition coefficient (Wildman–Crippen LogP) is 0.706. The van der Waals surface area contributed by atoms with Gasteiger partial charge in [0.25, 0.3) is 5.91 Å². The van der Waals surface area contributed by atoms with E-state index in [-0.39, 0.29) is 23.9 Å². The topological polar surface area (TPSA) is 104 Å². The van der Waals surface area contributed by atoms with E-state index in [0.717, 1.165) is 31.5 Å². The maximum absolute atomic E-state index is 12.9. The summed E-state index contributed by atoms with van der Waals surface area (Å²) in [6.45, 7) is 5.49. The smallest absolute Gasteiger partial charge is 0.274 e. The first-order chi connectivity index (χ1) is 12.9. The summed E-state index contributed by atoms with van der Waals surface area (Å²) in [5, 5.41) is 11.1. The molecule has 2 aromatic rings. The van der Waals surface area contributed by atoms with Crippen LogP contribution in [0.25, 0.3) is 0 Å². The van der Waals surface area contributed by atoms with E-state index in [9.17, 15) is 13.2 Å². The second-order valence-electron chi connectivity index (χ2n) is 7.16. The molecular formula is C17H24N6O3S. The molecule has 0 spiro atoms. The Balaban J connectivity index is 1.46. The number of piperazine rings is 1. The first-order valence-electron chi connectivity index (χ1n) is 9.25. The number of fused-ring (bicyclic) bond motifs is 1. The quantitative estimate of drug-likeness (QED) is 0.828. The lowest BCUT2D eigenvalue weighted by molar-refractivity contribution is 0.0691. The van der Waals surface area contributed by atoms with Crippen LogP contribution in [0.5, 0.6) is 0 Å². The van der Waals surface area contributed by atoms with E-state index in [0.29, 0.717) is 30.2 Å². The molecule has 1 fully saturated rings. The Labute approximate surface area is 158 Å². The zero-order chi connectivity index (χ0) is 19.2. The first kappa shape index (κ1) is 18.2. The van der Waals surface area contributed by atoms with Gasteiger partial charge in [-0.15, -0.1) is 0 Å². The van der Waals surface area contributed by atoms with Crippen molar-refractivity contribution >= 4 is 15.9 Å². The molecule has 0 atom stereocenters. The van der Waals surface area contributed by atoms with Gasteiger partial charge in [-0.2, -0.15) is 14.5 Å². The van der Waals surface area contributed by atoms with Crippen LogP contribution in [0.4, 0.5) is 0 Å². The monoisotopic (exact) mass is 392 g/mol. The first-order valence-corrected chi connectivity index (χ1v) is 10.7.